The summed E-state index contributed by atoms with van der Waals surface area (Å²) in [4.78, 5) is 11.0. The summed E-state index contributed by atoms with van der Waals surface area (Å²) in [5.74, 6) is 1.53. The molecule has 0 spiro atoms. The highest BCUT2D eigenvalue weighted by atomic mass is 16.3. The van der Waals surface area contributed by atoms with Crippen LogP contribution in [0.15, 0.2) is 18.3 Å². The molecule has 2 aromatic heterocycles. The van der Waals surface area contributed by atoms with E-state index in [2.05, 4.69) is 25.1 Å². The third-order valence-corrected chi connectivity index (χ3v) is 3.36. The predicted molar refractivity (Wildman–Crippen MR) is 71.8 cm³/mol. The van der Waals surface area contributed by atoms with Gasteiger partial charge in [-0.3, -0.25) is 5.10 Å². The molecule has 0 atom stereocenters. The molecule has 3 heterocycles. The Morgan fingerprint density at radius 2 is 2.16 bits per heavy atom. The number of aliphatic hydroxyl groups excluding tert-OH is 1. The maximum atomic E-state index is 9.54. The zero-order chi connectivity index (χ0) is 13.2. The SMILES string of the molecule is Cc1cc(-c2nccc(N3CCC(O)CC3)n2)n[nH]1. The van der Waals surface area contributed by atoms with E-state index in [1.807, 2.05) is 19.1 Å². The summed E-state index contributed by atoms with van der Waals surface area (Å²) in [5.41, 5.74) is 1.75. The van der Waals surface area contributed by atoms with Crippen LogP contribution in [0, 0.1) is 6.92 Å². The quantitative estimate of drug-likeness (QED) is 0.845. The summed E-state index contributed by atoms with van der Waals surface area (Å²) in [5, 5.41) is 16.6. The van der Waals surface area contributed by atoms with Crippen molar-refractivity contribution in [3.05, 3.63) is 24.0 Å². The van der Waals surface area contributed by atoms with Gasteiger partial charge in [0.25, 0.3) is 0 Å². The van der Waals surface area contributed by atoms with Crippen molar-refractivity contribution in [1.82, 2.24) is 20.2 Å². The maximum absolute atomic E-state index is 9.54. The highest BCUT2D eigenvalue weighted by Gasteiger charge is 2.18. The fourth-order valence-electron chi connectivity index (χ4n) is 2.28. The van der Waals surface area contributed by atoms with E-state index in [4.69, 9.17) is 0 Å². The second-order valence-corrected chi connectivity index (χ2v) is 4.89. The average Bonchev–Trinajstić information content (AvgIpc) is 2.86. The molecule has 0 bridgehead atoms. The first-order valence-electron chi connectivity index (χ1n) is 6.51. The van der Waals surface area contributed by atoms with E-state index in [0.29, 0.717) is 5.82 Å². The molecule has 6 nitrogen and oxygen atoms in total. The Hall–Kier alpha value is -1.95. The number of aromatic nitrogens is 4. The van der Waals surface area contributed by atoms with Crippen LogP contribution in [-0.2, 0) is 0 Å². The number of nitrogens with one attached hydrogen (secondary N) is 1. The van der Waals surface area contributed by atoms with Crippen molar-refractivity contribution in [1.29, 1.82) is 0 Å². The van der Waals surface area contributed by atoms with Gasteiger partial charge in [-0.05, 0) is 31.9 Å². The van der Waals surface area contributed by atoms with Crippen molar-refractivity contribution in [3.8, 4) is 11.5 Å². The highest BCUT2D eigenvalue weighted by molar-refractivity contribution is 5.53. The van der Waals surface area contributed by atoms with Crippen LogP contribution in [-0.4, -0.2) is 44.5 Å². The van der Waals surface area contributed by atoms with E-state index in [9.17, 15) is 5.11 Å². The number of rotatable bonds is 2. The number of hydrogen-bond acceptors (Lipinski definition) is 5. The summed E-state index contributed by atoms with van der Waals surface area (Å²) in [6.45, 7) is 3.61. The molecule has 3 rings (SSSR count). The Kier molecular flexibility index (Phi) is 3.16. The van der Waals surface area contributed by atoms with Gasteiger partial charge in [0.1, 0.15) is 11.5 Å². The van der Waals surface area contributed by atoms with Gasteiger partial charge in [0.2, 0.25) is 0 Å². The van der Waals surface area contributed by atoms with Crippen molar-refractivity contribution in [3.63, 3.8) is 0 Å². The van der Waals surface area contributed by atoms with Gasteiger partial charge in [-0.1, -0.05) is 0 Å². The molecule has 1 aliphatic heterocycles. The lowest BCUT2D eigenvalue weighted by atomic mass is 10.1. The van der Waals surface area contributed by atoms with Gasteiger partial charge < -0.3 is 10.0 Å². The zero-order valence-corrected chi connectivity index (χ0v) is 10.9. The first kappa shape index (κ1) is 12.1. The van der Waals surface area contributed by atoms with E-state index >= 15 is 0 Å². The van der Waals surface area contributed by atoms with E-state index in [-0.39, 0.29) is 6.10 Å². The molecule has 1 aliphatic rings. The Morgan fingerprint density at radius 1 is 1.37 bits per heavy atom. The number of aliphatic hydroxyl groups is 1. The van der Waals surface area contributed by atoms with Crippen LogP contribution in [0.25, 0.3) is 11.5 Å². The summed E-state index contributed by atoms with van der Waals surface area (Å²) >= 11 is 0. The molecule has 2 aromatic rings. The number of nitrogens with zero attached hydrogens (tertiary/aromatic N) is 4. The van der Waals surface area contributed by atoms with Gasteiger partial charge in [0.15, 0.2) is 5.82 Å². The molecule has 0 radical (unpaired) electrons. The fourth-order valence-corrected chi connectivity index (χ4v) is 2.28. The first-order chi connectivity index (χ1) is 9.22. The second kappa shape index (κ2) is 4.97. The van der Waals surface area contributed by atoms with Gasteiger partial charge >= 0.3 is 0 Å². The molecule has 0 aromatic carbocycles. The smallest absolute Gasteiger partial charge is 0.182 e. The van der Waals surface area contributed by atoms with E-state index in [1.165, 1.54) is 0 Å². The molecule has 0 aliphatic carbocycles. The molecule has 19 heavy (non-hydrogen) atoms. The fraction of sp³-hybridized carbons (Fsp3) is 0.462. The maximum Gasteiger partial charge on any atom is 0.182 e. The molecule has 0 amide bonds. The number of anilines is 1. The van der Waals surface area contributed by atoms with Crippen LogP contribution in [0.5, 0.6) is 0 Å². The van der Waals surface area contributed by atoms with Crippen LogP contribution in [0.4, 0.5) is 5.82 Å². The van der Waals surface area contributed by atoms with Gasteiger partial charge in [-0.15, -0.1) is 0 Å². The minimum Gasteiger partial charge on any atom is -0.393 e. The summed E-state index contributed by atoms with van der Waals surface area (Å²) in [6, 6.07) is 3.83. The van der Waals surface area contributed by atoms with Crippen LogP contribution >= 0.6 is 0 Å². The molecular formula is C13H17N5O. The van der Waals surface area contributed by atoms with Crippen molar-refractivity contribution < 1.29 is 5.11 Å². The topological polar surface area (TPSA) is 77.9 Å². The summed E-state index contributed by atoms with van der Waals surface area (Å²) in [6.07, 6.45) is 3.17. The van der Waals surface area contributed by atoms with Gasteiger partial charge in [0, 0.05) is 25.0 Å². The predicted octanol–water partition coefficient (Wildman–Crippen LogP) is 1.14. The Bertz CT molecular complexity index is 560. The number of aryl methyl sites for hydroxylation is 1. The largest absolute Gasteiger partial charge is 0.393 e. The number of aromatic amines is 1. The molecule has 0 saturated carbocycles. The van der Waals surface area contributed by atoms with Crippen LogP contribution in [0.2, 0.25) is 0 Å². The minimum atomic E-state index is -0.174. The molecule has 1 fully saturated rings. The van der Waals surface area contributed by atoms with Crippen molar-refractivity contribution >= 4 is 5.82 Å². The van der Waals surface area contributed by atoms with Gasteiger partial charge in [0.05, 0.1) is 6.10 Å². The number of piperidine rings is 1. The van der Waals surface area contributed by atoms with Gasteiger partial charge in [-0.2, -0.15) is 5.10 Å². The third kappa shape index (κ3) is 2.58. The van der Waals surface area contributed by atoms with Crippen LogP contribution in [0.3, 0.4) is 0 Å². The summed E-state index contributed by atoms with van der Waals surface area (Å²) < 4.78 is 0. The monoisotopic (exact) mass is 259 g/mol. The van der Waals surface area contributed by atoms with E-state index in [0.717, 1.165) is 43.1 Å². The van der Waals surface area contributed by atoms with Crippen molar-refractivity contribution in [2.24, 2.45) is 0 Å². The Labute approximate surface area is 111 Å². The third-order valence-electron chi connectivity index (χ3n) is 3.36. The minimum absolute atomic E-state index is 0.174. The van der Waals surface area contributed by atoms with Crippen LogP contribution < -0.4 is 4.90 Å². The van der Waals surface area contributed by atoms with E-state index < -0.39 is 0 Å². The second-order valence-electron chi connectivity index (χ2n) is 4.89. The number of hydrogen-bond donors (Lipinski definition) is 2. The summed E-state index contributed by atoms with van der Waals surface area (Å²) in [7, 11) is 0. The Balaban J connectivity index is 1.84. The van der Waals surface area contributed by atoms with Gasteiger partial charge in [-0.25, -0.2) is 9.97 Å². The Morgan fingerprint density at radius 3 is 2.84 bits per heavy atom. The van der Waals surface area contributed by atoms with Crippen LogP contribution in [0.1, 0.15) is 18.5 Å². The van der Waals surface area contributed by atoms with E-state index in [1.54, 1.807) is 6.20 Å². The lowest BCUT2D eigenvalue weighted by molar-refractivity contribution is 0.145. The molecule has 0 unspecified atom stereocenters. The molecule has 2 N–H and O–H groups in total. The average molecular weight is 259 g/mol. The van der Waals surface area contributed by atoms with Crippen molar-refractivity contribution in [2.45, 2.75) is 25.9 Å². The first-order valence-corrected chi connectivity index (χ1v) is 6.51. The standard InChI is InChI=1S/C13H17N5O/c1-9-8-11(17-16-9)13-14-5-2-12(15-13)18-6-3-10(19)4-7-18/h2,5,8,10,19H,3-4,6-7H2,1H3,(H,16,17). The molecular weight excluding hydrogens is 242 g/mol. The number of H-pyrrole nitrogens is 1. The highest BCUT2D eigenvalue weighted by Crippen LogP contribution is 2.20. The lowest BCUT2D eigenvalue weighted by Gasteiger charge is -2.30. The lowest BCUT2D eigenvalue weighted by Crippen LogP contribution is -2.36. The normalized spacial score (nSPS) is 16.8. The zero-order valence-electron chi connectivity index (χ0n) is 10.9. The van der Waals surface area contributed by atoms with Crippen molar-refractivity contribution in [2.75, 3.05) is 18.0 Å². The molecule has 6 heteroatoms. The molecule has 100 valence electrons. The molecule has 1 saturated heterocycles.